The number of aromatic nitrogens is 4. The van der Waals surface area contributed by atoms with E-state index in [4.69, 9.17) is 9.90 Å². The molecule has 4 rings (SSSR count). The van der Waals surface area contributed by atoms with Gasteiger partial charge < -0.3 is 14.9 Å². The molecule has 0 unspecified atom stereocenters. The number of aliphatic carboxylic acids is 1. The number of carbonyl (C=O) groups excluding carboxylic acids is 1. The molecule has 13 heteroatoms. The van der Waals surface area contributed by atoms with E-state index in [0.717, 1.165) is 19.4 Å². The van der Waals surface area contributed by atoms with Crippen LogP contribution in [0.3, 0.4) is 0 Å². The molecule has 0 radical (unpaired) electrons. The third-order valence-electron chi connectivity index (χ3n) is 4.90. The number of halogens is 4. The summed E-state index contributed by atoms with van der Waals surface area (Å²) in [5.41, 5.74) is 0.615. The van der Waals surface area contributed by atoms with Gasteiger partial charge in [-0.15, -0.1) is 0 Å². The zero-order chi connectivity index (χ0) is 22.1. The highest BCUT2D eigenvalue weighted by molar-refractivity contribution is 5.94. The molecular weight excluding hydrogens is 412 g/mol. The van der Waals surface area contributed by atoms with Gasteiger partial charge in [0.25, 0.3) is 5.91 Å². The van der Waals surface area contributed by atoms with Crippen molar-refractivity contribution in [3.63, 3.8) is 0 Å². The third kappa shape index (κ3) is 4.49. The number of aryl methyl sites for hydroxylation is 1. The van der Waals surface area contributed by atoms with E-state index in [-0.39, 0.29) is 18.0 Å². The second-order valence-corrected chi connectivity index (χ2v) is 6.81. The number of anilines is 1. The quantitative estimate of drug-likeness (QED) is 0.720. The summed E-state index contributed by atoms with van der Waals surface area (Å²) < 4.78 is 46.4. The van der Waals surface area contributed by atoms with E-state index in [1.165, 1.54) is 12.4 Å². The fourth-order valence-corrected chi connectivity index (χ4v) is 3.64. The highest BCUT2D eigenvalue weighted by atomic mass is 19.4. The third-order valence-corrected chi connectivity index (χ3v) is 4.90. The Morgan fingerprint density at radius 1 is 1.10 bits per heavy atom. The van der Waals surface area contributed by atoms with E-state index in [1.54, 1.807) is 24.1 Å². The van der Waals surface area contributed by atoms with Gasteiger partial charge in [0, 0.05) is 26.3 Å². The Bertz CT molecular complexity index is 917. The van der Waals surface area contributed by atoms with Crippen molar-refractivity contribution in [1.29, 1.82) is 0 Å². The molecule has 0 aromatic carbocycles. The van der Waals surface area contributed by atoms with Gasteiger partial charge in [0.2, 0.25) is 5.95 Å². The number of amides is 1. The molecule has 2 saturated heterocycles. The van der Waals surface area contributed by atoms with Gasteiger partial charge in [-0.1, -0.05) is 0 Å². The Morgan fingerprint density at radius 2 is 1.70 bits per heavy atom. The van der Waals surface area contributed by atoms with E-state index < -0.39 is 18.0 Å². The maximum absolute atomic E-state index is 13.0. The van der Waals surface area contributed by atoms with Crippen LogP contribution in [0.5, 0.6) is 0 Å². The lowest BCUT2D eigenvalue weighted by atomic mass is 10.1. The van der Waals surface area contributed by atoms with Gasteiger partial charge in [-0.05, 0) is 12.8 Å². The Balaban J connectivity index is 0.000000318. The van der Waals surface area contributed by atoms with Crippen LogP contribution in [0.2, 0.25) is 0 Å². The number of rotatable bonds is 2. The van der Waals surface area contributed by atoms with Crippen molar-refractivity contribution in [3.05, 3.63) is 36.2 Å². The molecule has 1 amide bonds. The van der Waals surface area contributed by atoms with Crippen LogP contribution in [0.25, 0.3) is 0 Å². The number of fused-ring (bicyclic) bond motifs is 1. The first-order valence-electron chi connectivity index (χ1n) is 8.92. The van der Waals surface area contributed by atoms with Gasteiger partial charge in [0.1, 0.15) is 0 Å². The van der Waals surface area contributed by atoms with Crippen molar-refractivity contribution in [2.75, 3.05) is 18.0 Å². The number of nitrogens with zero attached hydrogens (tertiary/aromatic N) is 6. The molecule has 2 aliphatic heterocycles. The highest BCUT2D eigenvalue weighted by Gasteiger charge is 2.45. The number of carbonyl (C=O) groups is 2. The number of carboxylic acid groups (broad SMARTS) is 1. The second kappa shape index (κ2) is 8.24. The average Bonchev–Trinajstić information content (AvgIpc) is 3.38. The fraction of sp³-hybridized carbons (Fsp3) is 0.471. The van der Waals surface area contributed by atoms with Crippen LogP contribution in [0, 0.1) is 5.82 Å². The summed E-state index contributed by atoms with van der Waals surface area (Å²) in [5.74, 6) is -2.64. The topological polar surface area (TPSA) is 104 Å². The summed E-state index contributed by atoms with van der Waals surface area (Å²) in [4.78, 5) is 33.7. The zero-order valence-electron chi connectivity index (χ0n) is 15.8. The maximum atomic E-state index is 13.0. The summed E-state index contributed by atoms with van der Waals surface area (Å²) in [5, 5.41) is 11.2. The van der Waals surface area contributed by atoms with Crippen LogP contribution in [0.4, 0.5) is 23.5 Å². The van der Waals surface area contributed by atoms with E-state index in [2.05, 4.69) is 20.0 Å². The normalized spacial score (nSPS) is 20.6. The Morgan fingerprint density at radius 3 is 2.23 bits per heavy atom. The van der Waals surface area contributed by atoms with Crippen molar-refractivity contribution in [2.45, 2.75) is 31.1 Å². The highest BCUT2D eigenvalue weighted by Crippen LogP contribution is 2.34. The van der Waals surface area contributed by atoms with Crippen molar-refractivity contribution < 1.29 is 32.3 Å². The van der Waals surface area contributed by atoms with Crippen LogP contribution in [0.1, 0.15) is 23.2 Å². The SMILES string of the molecule is Cn1cc(C(=O)N2CC[C@@H]3[C@@H]2CCN3c2ncc(F)cn2)cn1.O=C(O)C(F)(F)F. The molecule has 30 heavy (non-hydrogen) atoms. The summed E-state index contributed by atoms with van der Waals surface area (Å²) >= 11 is 0. The van der Waals surface area contributed by atoms with E-state index in [1.807, 2.05) is 4.90 Å². The molecule has 4 heterocycles. The number of hydrogen-bond acceptors (Lipinski definition) is 6. The maximum Gasteiger partial charge on any atom is 0.490 e. The summed E-state index contributed by atoms with van der Waals surface area (Å²) in [6, 6.07) is 0.345. The Kier molecular flexibility index (Phi) is 5.89. The Labute approximate surface area is 167 Å². The molecule has 2 aromatic rings. The Hall–Kier alpha value is -3.25. The molecule has 0 spiro atoms. The molecule has 2 atom stereocenters. The van der Waals surface area contributed by atoms with Crippen LogP contribution in [-0.2, 0) is 11.8 Å². The van der Waals surface area contributed by atoms with Gasteiger partial charge >= 0.3 is 12.1 Å². The largest absolute Gasteiger partial charge is 0.490 e. The van der Waals surface area contributed by atoms with Gasteiger partial charge in [0.15, 0.2) is 5.82 Å². The number of alkyl halides is 3. The van der Waals surface area contributed by atoms with Gasteiger partial charge in [0.05, 0.1) is 36.2 Å². The van der Waals surface area contributed by atoms with Crippen LogP contribution in [-0.4, -0.2) is 73.0 Å². The van der Waals surface area contributed by atoms with Crippen molar-refractivity contribution in [3.8, 4) is 0 Å². The van der Waals surface area contributed by atoms with E-state index >= 15 is 0 Å². The lowest BCUT2D eigenvalue weighted by Gasteiger charge is -2.25. The van der Waals surface area contributed by atoms with Crippen molar-refractivity contribution in [1.82, 2.24) is 24.6 Å². The molecule has 2 fully saturated rings. The van der Waals surface area contributed by atoms with Crippen molar-refractivity contribution >= 4 is 17.8 Å². The van der Waals surface area contributed by atoms with Gasteiger partial charge in [-0.25, -0.2) is 19.2 Å². The van der Waals surface area contributed by atoms with Gasteiger partial charge in [-0.3, -0.25) is 9.48 Å². The molecular formula is C17H18F4N6O3. The second-order valence-electron chi connectivity index (χ2n) is 6.81. The standard InChI is InChI=1S/C15H17FN6O.C2HF3O2/c1-20-9-10(6-19-20)14(23)21-4-2-13-12(21)3-5-22(13)15-17-7-11(16)8-18-15;3-2(4,5)1(6)7/h6-9,12-13H,2-5H2,1H3;(H,6,7)/t12-,13+;/m0./s1. The molecule has 0 saturated carbocycles. The van der Waals surface area contributed by atoms with Crippen molar-refractivity contribution in [2.24, 2.45) is 7.05 Å². The number of likely N-dealkylation sites (tertiary alicyclic amines) is 1. The van der Waals surface area contributed by atoms with Crippen LogP contribution in [0.15, 0.2) is 24.8 Å². The average molecular weight is 430 g/mol. The molecule has 9 nitrogen and oxygen atoms in total. The molecule has 2 aliphatic rings. The van der Waals surface area contributed by atoms with E-state index in [9.17, 15) is 22.4 Å². The first-order valence-corrected chi connectivity index (χ1v) is 8.92. The zero-order valence-corrected chi connectivity index (χ0v) is 15.8. The number of carboxylic acids is 1. The lowest BCUT2D eigenvalue weighted by molar-refractivity contribution is -0.192. The monoisotopic (exact) mass is 430 g/mol. The summed E-state index contributed by atoms with van der Waals surface area (Å²) in [6.45, 7) is 1.48. The number of hydrogen-bond donors (Lipinski definition) is 1. The lowest BCUT2D eigenvalue weighted by Crippen LogP contribution is -2.40. The smallest absolute Gasteiger partial charge is 0.475 e. The molecule has 0 aliphatic carbocycles. The molecule has 0 bridgehead atoms. The van der Waals surface area contributed by atoms with Crippen LogP contribution >= 0.6 is 0 Å². The minimum atomic E-state index is -5.08. The fourth-order valence-electron chi connectivity index (χ4n) is 3.64. The molecule has 1 N–H and O–H groups in total. The minimum Gasteiger partial charge on any atom is -0.475 e. The predicted octanol–water partition coefficient (Wildman–Crippen LogP) is 1.48. The summed E-state index contributed by atoms with van der Waals surface area (Å²) in [7, 11) is 1.80. The molecule has 162 valence electrons. The van der Waals surface area contributed by atoms with Gasteiger partial charge in [-0.2, -0.15) is 18.3 Å². The first kappa shape index (κ1) is 21.5. The minimum absolute atomic E-state index is 0.0208. The first-order chi connectivity index (χ1) is 14.1. The van der Waals surface area contributed by atoms with Crippen LogP contribution < -0.4 is 4.90 Å². The summed E-state index contributed by atoms with van der Waals surface area (Å²) in [6.07, 6.45) is 2.37. The van der Waals surface area contributed by atoms with E-state index in [0.29, 0.717) is 18.1 Å². The predicted molar refractivity (Wildman–Crippen MR) is 94.1 cm³/mol. The molecule has 2 aromatic heterocycles.